The van der Waals surface area contributed by atoms with Gasteiger partial charge in [-0.15, -0.1) is 0 Å². The Bertz CT molecular complexity index is 380. The average molecular weight is 247 g/mol. The van der Waals surface area contributed by atoms with E-state index in [1.807, 2.05) is 0 Å². The molecular weight excluding hydrogens is 222 g/mol. The van der Waals surface area contributed by atoms with Gasteiger partial charge >= 0.3 is 0 Å². The van der Waals surface area contributed by atoms with Crippen LogP contribution >= 0.6 is 0 Å². The van der Waals surface area contributed by atoms with Crippen LogP contribution in [0.15, 0.2) is 12.1 Å². The second kappa shape index (κ2) is 5.70. The molecular formula is C15H25N3. The molecule has 2 atom stereocenters. The third-order valence-corrected chi connectivity index (χ3v) is 4.19. The summed E-state index contributed by atoms with van der Waals surface area (Å²) in [5, 5.41) is 0. The van der Waals surface area contributed by atoms with Crippen molar-refractivity contribution in [2.24, 2.45) is 11.7 Å². The Morgan fingerprint density at radius 2 is 2.17 bits per heavy atom. The summed E-state index contributed by atoms with van der Waals surface area (Å²) in [6.45, 7) is 8.52. The van der Waals surface area contributed by atoms with Crippen molar-refractivity contribution in [2.45, 2.75) is 52.6 Å². The number of anilines is 1. The first-order valence-electron chi connectivity index (χ1n) is 7.12. The highest BCUT2D eigenvalue weighted by Gasteiger charge is 2.25. The molecule has 0 aliphatic carbocycles. The topological polar surface area (TPSA) is 42.1 Å². The van der Waals surface area contributed by atoms with Gasteiger partial charge in [-0.05, 0) is 49.8 Å². The Balaban J connectivity index is 2.31. The van der Waals surface area contributed by atoms with E-state index in [0.29, 0.717) is 12.6 Å². The highest BCUT2D eigenvalue weighted by molar-refractivity contribution is 5.44. The van der Waals surface area contributed by atoms with Crippen LogP contribution in [-0.2, 0) is 13.0 Å². The molecule has 1 aliphatic rings. The molecule has 0 spiro atoms. The van der Waals surface area contributed by atoms with Crippen LogP contribution in [0.4, 0.5) is 5.82 Å². The summed E-state index contributed by atoms with van der Waals surface area (Å²) in [7, 11) is 0. The number of piperidine rings is 1. The normalized spacial score (nSPS) is 24.3. The summed E-state index contributed by atoms with van der Waals surface area (Å²) in [5.41, 5.74) is 8.14. The monoisotopic (exact) mass is 247 g/mol. The van der Waals surface area contributed by atoms with E-state index in [9.17, 15) is 0 Å². The van der Waals surface area contributed by atoms with Crippen LogP contribution in [0, 0.1) is 5.92 Å². The lowest BCUT2D eigenvalue weighted by atomic mass is 9.92. The molecule has 1 aliphatic heterocycles. The smallest absolute Gasteiger partial charge is 0.129 e. The standard InChI is InChI=1S/C15H25N3/c1-4-14-8-13(10-16)9-15(17-14)18-7-5-6-11(2)12(18)3/h8-9,11-12H,4-7,10,16H2,1-3H3. The van der Waals surface area contributed by atoms with Crippen LogP contribution in [0.5, 0.6) is 0 Å². The van der Waals surface area contributed by atoms with Gasteiger partial charge in [0.25, 0.3) is 0 Å². The molecule has 0 amide bonds. The molecule has 0 saturated carbocycles. The highest BCUT2D eigenvalue weighted by atomic mass is 15.2. The Morgan fingerprint density at radius 3 is 2.83 bits per heavy atom. The fraction of sp³-hybridized carbons (Fsp3) is 0.667. The predicted molar refractivity (Wildman–Crippen MR) is 76.7 cm³/mol. The largest absolute Gasteiger partial charge is 0.354 e. The summed E-state index contributed by atoms with van der Waals surface area (Å²) >= 11 is 0. The first-order chi connectivity index (χ1) is 8.65. The second-order valence-electron chi connectivity index (χ2n) is 5.44. The van der Waals surface area contributed by atoms with Gasteiger partial charge in [-0.2, -0.15) is 0 Å². The van der Waals surface area contributed by atoms with Crippen molar-refractivity contribution >= 4 is 5.82 Å². The molecule has 2 rings (SSSR count). The maximum atomic E-state index is 5.79. The van der Waals surface area contributed by atoms with Crippen LogP contribution in [0.3, 0.4) is 0 Å². The van der Waals surface area contributed by atoms with Gasteiger partial charge in [-0.25, -0.2) is 4.98 Å². The number of hydrogen-bond donors (Lipinski definition) is 1. The molecule has 0 bridgehead atoms. The molecule has 1 saturated heterocycles. The first-order valence-corrected chi connectivity index (χ1v) is 7.12. The van der Waals surface area contributed by atoms with Crippen molar-refractivity contribution in [3.8, 4) is 0 Å². The van der Waals surface area contributed by atoms with Crippen molar-refractivity contribution in [3.05, 3.63) is 23.4 Å². The lowest BCUT2D eigenvalue weighted by Crippen LogP contribution is -2.43. The SMILES string of the molecule is CCc1cc(CN)cc(N2CCCC(C)C2C)n1. The number of hydrogen-bond acceptors (Lipinski definition) is 3. The van der Waals surface area contributed by atoms with E-state index < -0.39 is 0 Å². The van der Waals surface area contributed by atoms with E-state index in [1.165, 1.54) is 18.4 Å². The van der Waals surface area contributed by atoms with E-state index in [2.05, 4.69) is 37.8 Å². The summed E-state index contributed by atoms with van der Waals surface area (Å²) in [6, 6.07) is 4.86. The lowest BCUT2D eigenvalue weighted by Gasteiger charge is -2.39. The van der Waals surface area contributed by atoms with Gasteiger partial charge in [0.2, 0.25) is 0 Å². The van der Waals surface area contributed by atoms with E-state index >= 15 is 0 Å². The van der Waals surface area contributed by atoms with Crippen molar-refractivity contribution < 1.29 is 0 Å². The van der Waals surface area contributed by atoms with Crippen LogP contribution in [0.25, 0.3) is 0 Å². The highest BCUT2D eigenvalue weighted by Crippen LogP contribution is 2.28. The molecule has 1 aromatic rings. The van der Waals surface area contributed by atoms with Crippen molar-refractivity contribution in [1.29, 1.82) is 0 Å². The van der Waals surface area contributed by atoms with Crippen LogP contribution in [0.2, 0.25) is 0 Å². The molecule has 100 valence electrons. The van der Waals surface area contributed by atoms with Crippen LogP contribution in [-0.4, -0.2) is 17.6 Å². The molecule has 1 aromatic heterocycles. The summed E-state index contributed by atoms with van der Waals surface area (Å²) in [4.78, 5) is 7.23. The average Bonchev–Trinajstić information content (AvgIpc) is 2.41. The Labute approximate surface area is 110 Å². The maximum Gasteiger partial charge on any atom is 0.129 e. The van der Waals surface area contributed by atoms with Crippen molar-refractivity contribution in [3.63, 3.8) is 0 Å². The lowest BCUT2D eigenvalue weighted by molar-refractivity contribution is 0.361. The summed E-state index contributed by atoms with van der Waals surface area (Å²) < 4.78 is 0. The molecule has 3 nitrogen and oxygen atoms in total. The zero-order chi connectivity index (χ0) is 13.1. The molecule has 18 heavy (non-hydrogen) atoms. The van der Waals surface area contributed by atoms with Crippen LogP contribution in [0.1, 0.15) is 44.9 Å². The minimum atomic E-state index is 0.573. The van der Waals surface area contributed by atoms with Gasteiger partial charge in [0.15, 0.2) is 0 Å². The third-order valence-electron chi connectivity index (χ3n) is 4.19. The van der Waals surface area contributed by atoms with E-state index in [0.717, 1.165) is 30.4 Å². The van der Waals surface area contributed by atoms with E-state index in [-0.39, 0.29) is 0 Å². The predicted octanol–water partition coefficient (Wildman–Crippen LogP) is 2.73. The Kier molecular flexibility index (Phi) is 4.23. The quantitative estimate of drug-likeness (QED) is 0.893. The Morgan fingerprint density at radius 1 is 1.39 bits per heavy atom. The van der Waals surface area contributed by atoms with E-state index in [1.54, 1.807) is 0 Å². The zero-order valence-electron chi connectivity index (χ0n) is 11.8. The fourth-order valence-corrected chi connectivity index (χ4v) is 2.74. The van der Waals surface area contributed by atoms with Gasteiger partial charge in [0.05, 0.1) is 0 Å². The molecule has 2 heterocycles. The zero-order valence-corrected chi connectivity index (χ0v) is 11.8. The molecule has 1 fully saturated rings. The number of aryl methyl sites for hydroxylation is 1. The first kappa shape index (κ1) is 13.3. The fourth-order valence-electron chi connectivity index (χ4n) is 2.74. The molecule has 3 heteroatoms. The molecule has 2 N–H and O–H groups in total. The third kappa shape index (κ3) is 2.66. The van der Waals surface area contributed by atoms with Crippen LogP contribution < -0.4 is 10.6 Å². The number of aromatic nitrogens is 1. The summed E-state index contributed by atoms with van der Waals surface area (Å²) in [5.74, 6) is 1.86. The van der Waals surface area contributed by atoms with Gasteiger partial charge in [-0.3, -0.25) is 0 Å². The second-order valence-corrected chi connectivity index (χ2v) is 5.44. The van der Waals surface area contributed by atoms with Gasteiger partial charge in [0.1, 0.15) is 5.82 Å². The van der Waals surface area contributed by atoms with Gasteiger partial charge in [0, 0.05) is 24.8 Å². The van der Waals surface area contributed by atoms with Crippen molar-refractivity contribution in [2.75, 3.05) is 11.4 Å². The molecule has 0 aromatic carbocycles. The minimum Gasteiger partial charge on any atom is -0.354 e. The van der Waals surface area contributed by atoms with E-state index in [4.69, 9.17) is 10.7 Å². The summed E-state index contributed by atoms with van der Waals surface area (Å²) in [6.07, 6.45) is 3.56. The van der Waals surface area contributed by atoms with Crippen molar-refractivity contribution in [1.82, 2.24) is 4.98 Å². The maximum absolute atomic E-state index is 5.79. The number of nitrogens with two attached hydrogens (primary N) is 1. The number of nitrogens with zero attached hydrogens (tertiary/aromatic N) is 2. The van der Waals surface area contributed by atoms with Gasteiger partial charge < -0.3 is 10.6 Å². The molecule has 0 radical (unpaired) electrons. The molecule has 2 unspecified atom stereocenters. The van der Waals surface area contributed by atoms with Gasteiger partial charge in [-0.1, -0.05) is 13.8 Å². The minimum absolute atomic E-state index is 0.573. The number of rotatable bonds is 3. The Hall–Kier alpha value is -1.09. The number of pyridine rings is 1.